The molecule has 0 bridgehead atoms. The topological polar surface area (TPSA) is 83.3 Å². The highest BCUT2D eigenvalue weighted by molar-refractivity contribution is 5.91. The van der Waals surface area contributed by atoms with E-state index in [1.165, 1.54) is 5.56 Å². The Morgan fingerprint density at radius 2 is 1.92 bits per heavy atom. The number of rotatable bonds is 6. The van der Waals surface area contributed by atoms with Crippen LogP contribution in [0.15, 0.2) is 48.7 Å². The fraction of sp³-hybridized carbons (Fsp3) is 0.368. The van der Waals surface area contributed by atoms with E-state index in [1.54, 1.807) is 12.3 Å². The average Bonchev–Trinajstić information content (AvgIpc) is 2.66. The molecule has 6 heteroatoms. The minimum Gasteiger partial charge on any atom is -0.381 e. The molecule has 2 aromatic rings. The Labute approximate surface area is 148 Å². The van der Waals surface area contributed by atoms with Gasteiger partial charge < -0.3 is 16.4 Å². The van der Waals surface area contributed by atoms with E-state index in [1.807, 2.05) is 6.07 Å². The van der Waals surface area contributed by atoms with Crippen molar-refractivity contribution in [2.24, 2.45) is 5.73 Å². The fourth-order valence-electron chi connectivity index (χ4n) is 3.06. The second-order valence-electron chi connectivity index (χ2n) is 6.36. The third kappa shape index (κ3) is 5.27. The third-order valence-corrected chi connectivity index (χ3v) is 4.42. The van der Waals surface area contributed by atoms with Gasteiger partial charge in [0.1, 0.15) is 5.82 Å². The summed E-state index contributed by atoms with van der Waals surface area (Å²) < 4.78 is 0. The summed E-state index contributed by atoms with van der Waals surface area (Å²) in [7, 11) is 0. The number of aromatic nitrogens is 1. The lowest BCUT2D eigenvalue weighted by molar-refractivity contribution is -0.114. The number of likely N-dealkylation sites (tertiary alicyclic amines) is 1. The normalized spacial score (nSPS) is 15.7. The number of hydrogen-bond donors (Lipinski definition) is 3. The number of anilines is 2. The van der Waals surface area contributed by atoms with Crippen molar-refractivity contribution in [3.8, 4) is 0 Å². The molecule has 1 aromatic heterocycles. The van der Waals surface area contributed by atoms with Crippen LogP contribution in [0.4, 0.5) is 11.5 Å². The summed E-state index contributed by atoms with van der Waals surface area (Å²) in [6.45, 7) is 3.16. The molecule has 0 aliphatic carbocycles. The second-order valence-corrected chi connectivity index (χ2v) is 6.36. The monoisotopic (exact) mass is 339 g/mol. The van der Waals surface area contributed by atoms with Crippen LogP contribution < -0.4 is 16.4 Å². The van der Waals surface area contributed by atoms with E-state index in [2.05, 4.69) is 50.8 Å². The zero-order valence-electron chi connectivity index (χ0n) is 14.3. The van der Waals surface area contributed by atoms with Gasteiger partial charge in [-0.25, -0.2) is 4.98 Å². The molecule has 3 rings (SSSR count). The summed E-state index contributed by atoms with van der Waals surface area (Å²) in [5, 5.41) is 6.18. The summed E-state index contributed by atoms with van der Waals surface area (Å²) >= 11 is 0. The highest BCUT2D eigenvalue weighted by Gasteiger charge is 2.19. The van der Waals surface area contributed by atoms with Gasteiger partial charge in [-0.05, 0) is 30.5 Å². The number of pyridine rings is 1. The van der Waals surface area contributed by atoms with Crippen LogP contribution in [0.1, 0.15) is 18.4 Å². The van der Waals surface area contributed by atoms with Gasteiger partial charge in [0.25, 0.3) is 0 Å². The van der Waals surface area contributed by atoms with Gasteiger partial charge in [-0.1, -0.05) is 30.3 Å². The minimum absolute atomic E-state index is 0.0385. The van der Waals surface area contributed by atoms with Gasteiger partial charge >= 0.3 is 0 Å². The third-order valence-electron chi connectivity index (χ3n) is 4.42. The Bertz CT molecular complexity index is 666. The molecule has 1 saturated heterocycles. The van der Waals surface area contributed by atoms with Gasteiger partial charge in [0.15, 0.2) is 0 Å². The van der Waals surface area contributed by atoms with Gasteiger partial charge in [0, 0.05) is 25.7 Å². The van der Waals surface area contributed by atoms with E-state index in [0.717, 1.165) is 38.2 Å². The standard InChI is InChI=1S/C19H25N5O/c20-12-19(25)23-18-7-6-17(13-21-18)22-16-8-10-24(11-9-16)14-15-4-2-1-3-5-15/h1-7,13,16,22H,8-12,14,20H2,(H,21,23,25). The van der Waals surface area contributed by atoms with Crippen LogP contribution in [0.5, 0.6) is 0 Å². The molecule has 0 spiro atoms. The largest absolute Gasteiger partial charge is 0.381 e. The van der Waals surface area contributed by atoms with Crippen molar-refractivity contribution in [1.29, 1.82) is 0 Å². The van der Waals surface area contributed by atoms with Crippen LogP contribution in [-0.4, -0.2) is 41.5 Å². The van der Waals surface area contributed by atoms with Crippen molar-refractivity contribution in [3.63, 3.8) is 0 Å². The predicted octanol–water partition coefficient (Wildman–Crippen LogP) is 2.06. The van der Waals surface area contributed by atoms with Gasteiger partial charge in [0.2, 0.25) is 5.91 Å². The van der Waals surface area contributed by atoms with Crippen molar-refractivity contribution in [1.82, 2.24) is 9.88 Å². The van der Waals surface area contributed by atoms with Crippen LogP contribution in [-0.2, 0) is 11.3 Å². The molecule has 132 valence electrons. The summed E-state index contributed by atoms with van der Waals surface area (Å²) in [4.78, 5) is 18.0. The molecule has 0 unspecified atom stereocenters. The SMILES string of the molecule is NCC(=O)Nc1ccc(NC2CCN(Cc3ccccc3)CC2)cn1. The van der Waals surface area contributed by atoms with Crippen LogP contribution in [0.2, 0.25) is 0 Å². The smallest absolute Gasteiger partial charge is 0.239 e. The van der Waals surface area contributed by atoms with Crippen LogP contribution in [0.3, 0.4) is 0 Å². The molecule has 2 heterocycles. The van der Waals surface area contributed by atoms with Crippen molar-refractivity contribution in [2.75, 3.05) is 30.3 Å². The maximum absolute atomic E-state index is 11.2. The number of carbonyl (C=O) groups is 1. The molecule has 4 N–H and O–H groups in total. The number of nitrogens with zero attached hydrogens (tertiary/aromatic N) is 2. The highest BCUT2D eigenvalue weighted by atomic mass is 16.1. The molecular weight excluding hydrogens is 314 g/mol. The molecule has 25 heavy (non-hydrogen) atoms. The number of nitrogens with two attached hydrogens (primary N) is 1. The second kappa shape index (κ2) is 8.60. The summed E-state index contributed by atoms with van der Waals surface area (Å²) in [5.41, 5.74) is 7.62. The summed E-state index contributed by atoms with van der Waals surface area (Å²) in [6, 6.07) is 14.8. The van der Waals surface area contributed by atoms with Gasteiger partial charge in [0.05, 0.1) is 18.4 Å². The maximum Gasteiger partial charge on any atom is 0.239 e. The predicted molar refractivity (Wildman–Crippen MR) is 100 cm³/mol. The van der Waals surface area contributed by atoms with Crippen LogP contribution >= 0.6 is 0 Å². The van der Waals surface area contributed by atoms with E-state index in [0.29, 0.717) is 11.9 Å². The number of nitrogens with one attached hydrogen (secondary N) is 2. The van der Waals surface area contributed by atoms with Gasteiger partial charge in [-0.15, -0.1) is 0 Å². The molecule has 1 fully saturated rings. The molecule has 6 nitrogen and oxygen atoms in total. The quantitative estimate of drug-likeness (QED) is 0.750. The Morgan fingerprint density at radius 3 is 2.56 bits per heavy atom. The first-order valence-electron chi connectivity index (χ1n) is 8.72. The van der Waals surface area contributed by atoms with Gasteiger partial charge in [-0.3, -0.25) is 9.69 Å². The first-order valence-corrected chi connectivity index (χ1v) is 8.72. The Morgan fingerprint density at radius 1 is 1.16 bits per heavy atom. The van der Waals surface area contributed by atoms with E-state index in [-0.39, 0.29) is 12.5 Å². The fourth-order valence-corrected chi connectivity index (χ4v) is 3.06. The number of amides is 1. The lowest BCUT2D eigenvalue weighted by Crippen LogP contribution is -2.38. The minimum atomic E-state index is -0.237. The number of carbonyl (C=O) groups excluding carboxylic acids is 1. The number of hydrogen-bond acceptors (Lipinski definition) is 5. The molecular formula is C19H25N5O. The van der Waals surface area contributed by atoms with Crippen LogP contribution in [0.25, 0.3) is 0 Å². The Hall–Kier alpha value is -2.44. The summed E-state index contributed by atoms with van der Waals surface area (Å²) in [5.74, 6) is 0.290. The van der Waals surface area contributed by atoms with E-state index in [4.69, 9.17) is 5.73 Å². The zero-order chi connectivity index (χ0) is 17.5. The van der Waals surface area contributed by atoms with Gasteiger partial charge in [-0.2, -0.15) is 0 Å². The molecule has 0 saturated carbocycles. The van der Waals surface area contributed by atoms with Crippen molar-refractivity contribution in [2.45, 2.75) is 25.4 Å². The first kappa shape index (κ1) is 17.4. The number of benzene rings is 1. The van der Waals surface area contributed by atoms with E-state index in [9.17, 15) is 4.79 Å². The van der Waals surface area contributed by atoms with E-state index < -0.39 is 0 Å². The summed E-state index contributed by atoms with van der Waals surface area (Å²) in [6.07, 6.45) is 3.97. The molecule has 0 radical (unpaired) electrons. The maximum atomic E-state index is 11.2. The van der Waals surface area contributed by atoms with Crippen molar-refractivity contribution in [3.05, 3.63) is 54.2 Å². The van der Waals surface area contributed by atoms with E-state index >= 15 is 0 Å². The molecule has 1 aromatic carbocycles. The molecule has 1 aliphatic rings. The first-order chi connectivity index (χ1) is 12.2. The molecule has 0 atom stereocenters. The van der Waals surface area contributed by atoms with Crippen molar-refractivity contribution < 1.29 is 4.79 Å². The Kier molecular flexibility index (Phi) is 5.98. The van der Waals surface area contributed by atoms with Crippen LogP contribution in [0, 0.1) is 0 Å². The average molecular weight is 339 g/mol. The zero-order valence-corrected chi connectivity index (χ0v) is 14.3. The number of piperidine rings is 1. The van der Waals surface area contributed by atoms with Crippen molar-refractivity contribution >= 4 is 17.4 Å². The lowest BCUT2D eigenvalue weighted by Gasteiger charge is -2.32. The lowest BCUT2D eigenvalue weighted by atomic mass is 10.0. The highest BCUT2D eigenvalue weighted by Crippen LogP contribution is 2.18. The molecule has 1 aliphatic heterocycles. The molecule has 1 amide bonds. The Balaban J connectivity index is 1.45.